The van der Waals surface area contributed by atoms with Gasteiger partial charge in [0.25, 0.3) is 0 Å². The second-order valence-electron chi connectivity index (χ2n) is 5.65. The summed E-state index contributed by atoms with van der Waals surface area (Å²) in [7, 11) is 0. The molecule has 4 heteroatoms. The van der Waals surface area contributed by atoms with Gasteiger partial charge in [-0.2, -0.15) is 0 Å². The number of aromatic nitrogens is 1. The highest BCUT2D eigenvalue weighted by atomic mass is 35.5. The van der Waals surface area contributed by atoms with E-state index in [4.69, 9.17) is 11.6 Å². The summed E-state index contributed by atoms with van der Waals surface area (Å²) in [6.45, 7) is 3.81. The molecule has 0 amide bonds. The molecule has 1 aliphatic rings. The zero-order valence-electron chi connectivity index (χ0n) is 12.2. The quantitative estimate of drug-likeness (QED) is 0.890. The van der Waals surface area contributed by atoms with E-state index in [2.05, 4.69) is 29.2 Å². The van der Waals surface area contributed by atoms with Crippen LogP contribution in [0.4, 0.5) is 4.39 Å². The van der Waals surface area contributed by atoms with Crippen molar-refractivity contribution in [1.29, 1.82) is 0 Å². The van der Waals surface area contributed by atoms with Gasteiger partial charge in [-0.3, -0.25) is 0 Å². The van der Waals surface area contributed by atoms with Crippen LogP contribution in [0, 0.1) is 5.82 Å². The van der Waals surface area contributed by atoms with Crippen LogP contribution in [0.1, 0.15) is 42.5 Å². The fraction of sp³-hybridized carbons (Fsp3) is 0.412. The highest BCUT2D eigenvalue weighted by Crippen LogP contribution is 2.31. The van der Waals surface area contributed by atoms with Crippen LogP contribution in [0.25, 0.3) is 0 Å². The second-order valence-corrected chi connectivity index (χ2v) is 6.06. The maximum atomic E-state index is 13.1. The average Bonchev–Trinajstić information content (AvgIpc) is 2.86. The summed E-state index contributed by atoms with van der Waals surface area (Å²) in [6.07, 6.45) is 7.98. The Morgan fingerprint density at radius 1 is 1.38 bits per heavy atom. The number of hydrogen-bond donors (Lipinski definition) is 1. The minimum atomic E-state index is -0.289. The maximum Gasteiger partial charge on any atom is 0.124 e. The molecule has 1 aliphatic carbocycles. The molecule has 1 atom stereocenters. The molecule has 1 aromatic carbocycles. The van der Waals surface area contributed by atoms with Gasteiger partial charge in [0.1, 0.15) is 5.82 Å². The zero-order chi connectivity index (χ0) is 14.8. The van der Waals surface area contributed by atoms with Gasteiger partial charge in [-0.25, -0.2) is 4.39 Å². The first-order chi connectivity index (χ1) is 10.2. The van der Waals surface area contributed by atoms with E-state index in [9.17, 15) is 4.39 Å². The third kappa shape index (κ3) is 3.14. The molecule has 3 rings (SSSR count). The van der Waals surface area contributed by atoms with Crippen LogP contribution in [-0.2, 0) is 13.0 Å². The van der Waals surface area contributed by atoms with Crippen molar-refractivity contribution in [2.45, 2.75) is 38.8 Å². The van der Waals surface area contributed by atoms with E-state index in [1.54, 1.807) is 6.07 Å². The topological polar surface area (TPSA) is 17.0 Å². The number of fused-ring (bicyclic) bond motifs is 1. The molecular formula is C17H20ClFN2. The van der Waals surface area contributed by atoms with Crippen molar-refractivity contribution in [3.05, 3.63) is 58.1 Å². The SMILES string of the molecule is CCNC1CCCc2cn(Cc3ccc(F)cc3Cl)cc21. The van der Waals surface area contributed by atoms with Crippen LogP contribution >= 0.6 is 11.6 Å². The lowest BCUT2D eigenvalue weighted by atomic mass is 9.91. The second kappa shape index (κ2) is 6.20. The minimum Gasteiger partial charge on any atom is -0.349 e. The van der Waals surface area contributed by atoms with Crippen molar-refractivity contribution >= 4 is 11.6 Å². The van der Waals surface area contributed by atoms with E-state index in [1.165, 1.54) is 36.1 Å². The lowest BCUT2D eigenvalue weighted by Crippen LogP contribution is -2.23. The van der Waals surface area contributed by atoms with Gasteiger partial charge >= 0.3 is 0 Å². The molecule has 2 nitrogen and oxygen atoms in total. The predicted molar refractivity (Wildman–Crippen MR) is 84.3 cm³/mol. The Morgan fingerprint density at radius 3 is 3.00 bits per heavy atom. The summed E-state index contributed by atoms with van der Waals surface area (Å²) in [5.74, 6) is -0.289. The van der Waals surface area contributed by atoms with Crippen LogP contribution in [-0.4, -0.2) is 11.1 Å². The van der Waals surface area contributed by atoms with E-state index in [0.717, 1.165) is 18.5 Å². The van der Waals surface area contributed by atoms with Crippen molar-refractivity contribution in [2.24, 2.45) is 0 Å². The highest BCUT2D eigenvalue weighted by molar-refractivity contribution is 6.31. The first-order valence-electron chi connectivity index (χ1n) is 7.53. The summed E-state index contributed by atoms with van der Waals surface area (Å²) in [6, 6.07) is 5.07. The van der Waals surface area contributed by atoms with E-state index in [-0.39, 0.29) is 5.82 Å². The van der Waals surface area contributed by atoms with Crippen molar-refractivity contribution in [1.82, 2.24) is 9.88 Å². The van der Waals surface area contributed by atoms with Crippen LogP contribution in [0.3, 0.4) is 0 Å². The number of halogens is 2. The Bertz CT molecular complexity index is 636. The molecule has 0 radical (unpaired) electrons. The van der Waals surface area contributed by atoms with E-state index in [1.807, 2.05) is 0 Å². The predicted octanol–water partition coefficient (Wildman–Crippen LogP) is 4.32. The summed E-state index contributed by atoms with van der Waals surface area (Å²) >= 11 is 6.12. The number of nitrogens with one attached hydrogen (secondary N) is 1. The van der Waals surface area contributed by atoms with E-state index < -0.39 is 0 Å². The lowest BCUT2D eigenvalue weighted by molar-refractivity contribution is 0.473. The van der Waals surface area contributed by atoms with Crippen LogP contribution in [0.5, 0.6) is 0 Å². The molecule has 0 spiro atoms. The van der Waals surface area contributed by atoms with Gasteiger partial charge in [-0.15, -0.1) is 0 Å². The fourth-order valence-corrected chi connectivity index (χ4v) is 3.37. The number of benzene rings is 1. The fourth-order valence-electron chi connectivity index (χ4n) is 3.14. The molecule has 1 aromatic heterocycles. The Balaban J connectivity index is 1.84. The molecule has 0 saturated carbocycles. The molecular weight excluding hydrogens is 287 g/mol. The van der Waals surface area contributed by atoms with Gasteiger partial charge in [0, 0.05) is 30.0 Å². The van der Waals surface area contributed by atoms with Crippen molar-refractivity contribution in [3.8, 4) is 0 Å². The summed E-state index contributed by atoms with van der Waals surface area (Å²) in [4.78, 5) is 0. The van der Waals surface area contributed by atoms with Crippen molar-refractivity contribution in [2.75, 3.05) is 6.54 Å². The molecule has 0 aliphatic heterocycles. The molecule has 0 saturated heterocycles. The summed E-state index contributed by atoms with van der Waals surface area (Å²) in [5.41, 5.74) is 3.78. The van der Waals surface area contributed by atoms with Crippen LogP contribution < -0.4 is 5.32 Å². The normalized spacial score (nSPS) is 17.8. The number of aryl methyl sites for hydroxylation is 1. The molecule has 1 unspecified atom stereocenters. The van der Waals surface area contributed by atoms with Gasteiger partial charge in [0.15, 0.2) is 0 Å². The van der Waals surface area contributed by atoms with Crippen molar-refractivity contribution in [3.63, 3.8) is 0 Å². The smallest absolute Gasteiger partial charge is 0.124 e. The molecule has 112 valence electrons. The first-order valence-corrected chi connectivity index (χ1v) is 7.91. The van der Waals surface area contributed by atoms with Gasteiger partial charge < -0.3 is 9.88 Å². The number of hydrogen-bond acceptors (Lipinski definition) is 1. The Morgan fingerprint density at radius 2 is 2.24 bits per heavy atom. The molecule has 21 heavy (non-hydrogen) atoms. The van der Waals surface area contributed by atoms with E-state index >= 15 is 0 Å². The third-order valence-corrected chi connectivity index (χ3v) is 4.48. The van der Waals surface area contributed by atoms with Crippen LogP contribution in [0.15, 0.2) is 30.6 Å². The number of nitrogens with zero attached hydrogens (tertiary/aromatic N) is 1. The van der Waals surface area contributed by atoms with E-state index in [0.29, 0.717) is 17.6 Å². The average molecular weight is 307 g/mol. The zero-order valence-corrected chi connectivity index (χ0v) is 13.0. The van der Waals surface area contributed by atoms with Crippen LogP contribution in [0.2, 0.25) is 5.02 Å². The standard InChI is InChI=1S/C17H20ClFN2/c1-2-20-17-5-3-4-12-9-21(11-15(12)17)10-13-6-7-14(19)8-16(13)18/h6-9,11,17,20H,2-5,10H2,1H3. The maximum absolute atomic E-state index is 13.1. The Kier molecular flexibility index (Phi) is 4.32. The molecule has 1 heterocycles. The molecule has 0 bridgehead atoms. The first kappa shape index (κ1) is 14.6. The lowest BCUT2D eigenvalue weighted by Gasteiger charge is -2.22. The Labute approximate surface area is 129 Å². The molecule has 2 aromatic rings. The van der Waals surface area contributed by atoms with Gasteiger partial charge in [0.05, 0.1) is 0 Å². The molecule has 0 fully saturated rings. The molecule has 1 N–H and O–H groups in total. The van der Waals surface area contributed by atoms with Gasteiger partial charge in [-0.05, 0) is 54.6 Å². The minimum absolute atomic E-state index is 0.289. The summed E-state index contributed by atoms with van der Waals surface area (Å²) in [5, 5.41) is 4.04. The number of rotatable bonds is 4. The van der Waals surface area contributed by atoms with Gasteiger partial charge in [-0.1, -0.05) is 24.6 Å². The Hall–Kier alpha value is -1.32. The highest BCUT2D eigenvalue weighted by Gasteiger charge is 2.21. The third-order valence-electron chi connectivity index (χ3n) is 4.13. The largest absolute Gasteiger partial charge is 0.349 e. The monoisotopic (exact) mass is 306 g/mol. The van der Waals surface area contributed by atoms with Crippen molar-refractivity contribution < 1.29 is 4.39 Å². The summed E-state index contributed by atoms with van der Waals surface area (Å²) < 4.78 is 15.3. The van der Waals surface area contributed by atoms with Gasteiger partial charge in [0.2, 0.25) is 0 Å².